The SMILES string of the molecule is CN(C)Cc1cccc(N/C(=C2\C(=O)Nc3cc(Br)ccc32)c2cccc(CCC(=O)O)c2)c1. The summed E-state index contributed by atoms with van der Waals surface area (Å²) in [6.07, 6.45) is 0.465. The van der Waals surface area contributed by atoms with Crippen molar-refractivity contribution in [3.8, 4) is 0 Å². The average molecular weight is 520 g/mol. The molecule has 6 nitrogen and oxygen atoms in total. The molecule has 0 aromatic heterocycles. The van der Waals surface area contributed by atoms with Gasteiger partial charge in [0.25, 0.3) is 5.91 Å². The molecule has 0 aliphatic carbocycles. The predicted molar refractivity (Wildman–Crippen MR) is 139 cm³/mol. The first-order valence-electron chi connectivity index (χ1n) is 11.0. The number of carboxylic acids is 1. The van der Waals surface area contributed by atoms with Gasteiger partial charge in [-0.3, -0.25) is 9.59 Å². The topological polar surface area (TPSA) is 81.7 Å². The minimum Gasteiger partial charge on any atom is -0.481 e. The Morgan fingerprint density at radius 1 is 1.03 bits per heavy atom. The standard InChI is InChI=1S/C27H26BrN3O3/c1-31(2)16-18-6-4-8-21(14-18)29-26(19-7-3-5-17(13-19)9-12-24(32)33)25-22-11-10-20(28)15-23(22)30-27(25)34/h3-8,10-11,13-15,29H,9,12,16H2,1-2H3,(H,30,34)(H,32,33)/b26-25-. The fourth-order valence-electron chi connectivity index (χ4n) is 4.06. The van der Waals surface area contributed by atoms with Crippen molar-refractivity contribution < 1.29 is 14.7 Å². The molecule has 4 rings (SSSR count). The Hall–Kier alpha value is -3.42. The van der Waals surface area contributed by atoms with Crippen LogP contribution in [0.1, 0.15) is 28.7 Å². The highest BCUT2D eigenvalue weighted by Gasteiger charge is 2.28. The first-order chi connectivity index (χ1) is 16.3. The van der Waals surface area contributed by atoms with Crippen LogP contribution in [0.4, 0.5) is 11.4 Å². The van der Waals surface area contributed by atoms with Crippen LogP contribution < -0.4 is 10.6 Å². The fraction of sp³-hybridized carbons (Fsp3) is 0.185. The van der Waals surface area contributed by atoms with E-state index in [1.165, 1.54) is 0 Å². The fourth-order valence-corrected chi connectivity index (χ4v) is 4.42. The molecular formula is C27H26BrN3O3. The van der Waals surface area contributed by atoms with Gasteiger partial charge in [0.2, 0.25) is 0 Å². The Balaban J connectivity index is 1.82. The summed E-state index contributed by atoms with van der Waals surface area (Å²) in [6.45, 7) is 0.795. The van der Waals surface area contributed by atoms with E-state index < -0.39 is 5.97 Å². The predicted octanol–water partition coefficient (Wildman–Crippen LogP) is 5.46. The van der Waals surface area contributed by atoms with Crippen molar-refractivity contribution in [2.24, 2.45) is 0 Å². The number of anilines is 2. The molecule has 7 heteroatoms. The van der Waals surface area contributed by atoms with Gasteiger partial charge in [0.05, 0.1) is 17.0 Å². The number of hydrogen-bond acceptors (Lipinski definition) is 4. The molecule has 0 saturated carbocycles. The Labute approximate surface area is 207 Å². The number of aryl methyl sites for hydroxylation is 1. The molecule has 1 amide bonds. The third-order valence-electron chi connectivity index (χ3n) is 5.51. The number of aliphatic carboxylic acids is 1. The average Bonchev–Trinajstić information content (AvgIpc) is 3.10. The highest BCUT2D eigenvalue weighted by molar-refractivity contribution is 9.10. The molecule has 34 heavy (non-hydrogen) atoms. The molecular weight excluding hydrogens is 494 g/mol. The number of amides is 1. The van der Waals surface area contributed by atoms with Gasteiger partial charge in [-0.15, -0.1) is 0 Å². The van der Waals surface area contributed by atoms with E-state index in [1.807, 2.05) is 68.7 Å². The number of hydrogen-bond donors (Lipinski definition) is 3. The second-order valence-corrected chi connectivity index (χ2v) is 9.47. The van der Waals surface area contributed by atoms with Gasteiger partial charge in [0.15, 0.2) is 0 Å². The van der Waals surface area contributed by atoms with Gasteiger partial charge < -0.3 is 20.6 Å². The lowest BCUT2D eigenvalue weighted by molar-refractivity contribution is -0.137. The molecule has 0 spiro atoms. The van der Waals surface area contributed by atoms with Crippen LogP contribution in [0, 0.1) is 0 Å². The van der Waals surface area contributed by atoms with Crippen molar-refractivity contribution in [3.63, 3.8) is 0 Å². The lowest BCUT2D eigenvalue weighted by Crippen LogP contribution is -2.12. The molecule has 0 bridgehead atoms. The van der Waals surface area contributed by atoms with E-state index in [1.54, 1.807) is 0 Å². The number of halogens is 1. The third kappa shape index (κ3) is 5.55. The normalized spacial score (nSPS) is 14.1. The zero-order valence-corrected chi connectivity index (χ0v) is 20.6. The summed E-state index contributed by atoms with van der Waals surface area (Å²) < 4.78 is 0.884. The summed E-state index contributed by atoms with van der Waals surface area (Å²) in [4.78, 5) is 26.3. The summed E-state index contributed by atoms with van der Waals surface area (Å²) in [5.74, 6) is -1.02. The quantitative estimate of drug-likeness (QED) is 0.344. The van der Waals surface area contributed by atoms with Gasteiger partial charge in [0.1, 0.15) is 0 Å². The number of carbonyl (C=O) groups is 2. The Kier molecular flexibility index (Phi) is 7.14. The molecule has 1 heterocycles. The number of benzene rings is 3. The number of carboxylic acid groups (broad SMARTS) is 1. The number of nitrogens with zero attached hydrogens (tertiary/aromatic N) is 1. The van der Waals surface area contributed by atoms with Crippen molar-refractivity contribution in [1.29, 1.82) is 0 Å². The second kappa shape index (κ2) is 10.2. The summed E-state index contributed by atoms with van der Waals surface area (Å²) in [5.41, 5.74) is 6.53. The number of carbonyl (C=O) groups excluding carboxylic acids is 1. The molecule has 3 aromatic carbocycles. The summed E-state index contributed by atoms with van der Waals surface area (Å²) >= 11 is 3.47. The van der Waals surface area contributed by atoms with Gasteiger partial charge >= 0.3 is 5.97 Å². The second-order valence-electron chi connectivity index (χ2n) is 8.55. The number of rotatable bonds is 8. The van der Waals surface area contributed by atoms with Gasteiger partial charge in [-0.05, 0) is 67.5 Å². The summed E-state index contributed by atoms with van der Waals surface area (Å²) in [6, 6.07) is 21.5. The lowest BCUT2D eigenvalue weighted by atomic mass is 9.97. The molecule has 3 aromatic rings. The van der Waals surface area contributed by atoms with Gasteiger partial charge in [-0.25, -0.2) is 0 Å². The van der Waals surface area contributed by atoms with E-state index in [2.05, 4.69) is 43.6 Å². The van der Waals surface area contributed by atoms with E-state index in [4.69, 9.17) is 5.11 Å². The van der Waals surface area contributed by atoms with E-state index >= 15 is 0 Å². The Morgan fingerprint density at radius 2 is 1.79 bits per heavy atom. The van der Waals surface area contributed by atoms with Crippen LogP contribution in [-0.2, 0) is 22.6 Å². The minimum absolute atomic E-state index is 0.0483. The largest absolute Gasteiger partial charge is 0.481 e. The van der Waals surface area contributed by atoms with Crippen LogP contribution in [0.15, 0.2) is 71.2 Å². The first kappa shape index (κ1) is 23.7. The number of nitrogens with one attached hydrogen (secondary N) is 2. The molecule has 0 fully saturated rings. The van der Waals surface area contributed by atoms with Crippen LogP contribution in [0.3, 0.4) is 0 Å². The lowest BCUT2D eigenvalue weighted by Gasteiger charge is -2.17. The van der Waals surface area contributed by atoms with Crippen LogP contribution in [-0.4, -0.2) is 36.0 Å². The highest BCUT2D eigenvalue weighted by Crippen LogP contribution is 2.39. The van der Waals surface area contributed by atoms with Crippen LogP contribution in [0.2, 0.25) is 0 Å². The maximum atomic E-state index is 13.2. The smallest absolute Gasteiger partial charge is 0.303 e. The third-order valence-corrected chi connectivity index (χ3v) is 6.01. The van der Waals surface area contributed by atoms with Crippen molar-refractivity contribution in [1.82, 2.24) is 4.90 Å². The molecule has 3 N–H and O–H groups in total. The molecule has 0 atom stereocenters. The Bertz CT molecular complexity index is 1280. The molecule has 0 saturated heterocycles. The van der Waals surface area contributed by atoms with E-state index in [-0.39, 0.29) is 12.3 Å². The van der Waals surface area contributed by atoms with Crippen LogP contribution >= 0.6 is 15.9 Å². The number of fused-ring (bicyclic) bond motifs is 1. The molecule has 1 aliphatic heterocycles. The maximum absolute atomic E-state index is 13.2. The Morgan fingerprint density at radius 3 is 2.56 bits per heavy atom. The molecule has 0 radical (unpaired) electrons. The molecule has 1 aliphatic rings. The van der Waals surface area contributed by atoms with Crippen LogP contribution in [0.25, 0.3) is 11.3 Å². The van der Waals surface area contributed by atoms with Crippen molar-refractivity contribution >= 4 is 50.5 Å². The van der Waals surface area contributed by atoms with Crippen molar-refractivity contribution in [2.75, 3.05) is 24.7 Å². The molecule has 0 unspecified atom stereocenters. The highest BCUT2D eigenvalue weighted by atomic mass is 79.9. The van der Waals surface area contributed by atoms with Gasteiger partial charge in [-0.2, -0.15) is 0 Å². The van der Waals surface area contributed by atoms with Gasteiger partial charge in [-0.1, -0.05) is 52.3 Å². The summed E-state index contributed by atoms with van der Waals surface area (Å²) in [7, 11) is 4.04. The monoisotopic (exact) mass is 519 g/mol. The zero-order chi connectivity index (χ0) is 24.2. The van der Waals surface area contributed by atoms with E-state index in [0.29, 0.717) is 17.7 Å². The summed E-state index contributed by atoms with van der Waals surface area (Å²) in [5, 5.41) is 15.6. The van der Waals surface area contributed by atoms with E-state index in [0.717, 1.165) is 44.6 Å². The van der Waals surface area contributed by atoms with Crippen molar-refractivity contribution in [2.45, 2.75) is 19.4 Å². The zero-order valence-electron chi connectivity index (χ0n) is 19.1. The minimum atomic E-state index is -0.838. The van der Waals surface area contributed by atoms with Gasteiger partial charge in [0, 0.05) is 28.7 Å². The maximum Gasteiger partial charge on any atom is 0.303 e. The first-order valence-corrected chi connectivity index (χ1v) is 11.8. The van der Waals surface area contributed by atoms with E-state index in [9.17, 15) is 9.59 Å². The van der Waals surface area contributed by atoms with Crippen LogP contribution in [0.5, 0.6) is 0 Å². The molecule has 174 valence electrons. The van der Waals surface area contributed by atoms with Crippen molar-refractivity contribution in [3.05, 3.63) is 93.5 Å².